The Hall–Kier alpha value is -3.81. The van der Waals surface area contributed by atoms with Gasteiger partial charge in [-0.15, -0.1) is 0 Å². The molecule has 3 saturated heterocycles. The molecule has 3 aliphatic heterocycles. The fourth-order valence-corrected chi connectivity index (χ4v) is 10.5. The second-order valence-electron chi connectivity index (χ2n) is 23.5. The van der Waals surface area contributed by atoms with Crippen molar-refractivity contribution in [2.45, 2.75) is 291 Å². The molecule has 0 aromatic rings. The van der Waals surface area contributed by atoms with Gasteiger partial charge in [-0.1, -0.05) is 200 Å². The highest BCUT2D eigenvalue weighted by Gasteiger charge is 2.53. The van der Waals surface area contributed by atoms with Crippen LogP contribution in [0.25, 0.3) is 0 Å². The minimum absolute atomic E-state index is 0.201. The number of aliphatic hydroxyl groups excluding tert-OH is 11. The molecule has 12 N–H and O–H groups in total. The van der Waals surface area contributed by atoms with E-state index in [1.807, 2.05) is 6.08 Å². The summed E-state index contributed by atoms with van der Waals surface area (Å²) in [7, 11) is 0. The molecule has 17 unspecified atom stereocenters. The quantitative estimate of drug-likeness (QED) is 0.0201. The second-order valence-corrected chi connectivity index (χ2v) is 23.5. The summed E-state index contributed by atoms with van der Waals surface area (Å²) < 4.78 is 34.3. The number of aliphatic hydroxyl groups is 11. The normalized spacial score (nSPS) is 28.8. The number of rotatable bonds is 49. The molecule has 0 aliphatic carbocycles. The van der Waals surface area contributed by atoms with Gasteiger partial charge in [0.1, 0.15) is 73.2 Å². The molecule has 19 heteroatoms. The maximum absolute atomic E-state index is 13.4. The van der Waals surface area contributed by atoms with Gasteiger partial charge in [0.05, 0.1) is 38.6 Å². The van der Waals surface area contributed by atoms with Gasteiger partial charge < -0.3 is 89.9 Å². The number of hydrogen-bond acceptors (Lipinski definition) is 18. The molecule has 0 aromatic heterocycles. The maximum Gasteiger partial charge on any atom is 0.220 e. The number of allylic oxidation sites excluding steroid dienone is 19. The van der Waals surface area contributed by atoms with Gasteiger partial charge in [0, 0.05) is 6.42 Å². The van der Waals surface area contributed by atoms with Crippen LogP contribution in [0.4, 0.5) is 0 Å². The lowest BCUT2D eigenvalue weighted by Gasteiger charge is -2.48. The molecule has 3 aliphatic rings. The summed E-state index contributed by atoms with van der Waals surface area (Å²) in [4.78, 5) is 13.4. The predicted octanol–water partition coefficient (Wildman–Crippen LogP) is 8.43. The fraction of sp³-hybridized carbons (Fsp3) is 0.704. The van der Waals surface area contributed by atoms with Gasteiger partial charge in [0.15, 0.2) is 18.9 Å². The molecule has 17 atom stereocenters. The minimum Gasteiger partial charge on any atom is -0.394 e. The Bertz CT molecular complexity index is 2100. The Morgan fingerprint density at radius 2 is 0.778 bits per heavy atom. The Balaban J connectivity index is 1.47. The number of ether oxygens (including phenoxy) is 6. The van der Waals surface area contributed by atoms with E-state index in [1.165, 1.54) is 51.4 Å². The number of hydrogen-bond donors (Lipinski definition) is 12. The van der Waals surface area contributed by atoms with E-state index in [2.05, 4.69) is 129 Å². The maximum atomic E-state index is 13.4. The molecule has 3 heterocycles. The molecular weight excluding hydrogens is 1150 g/mol. The van der Waals surface area contributed by atoms with Crippen molar-refractivity contribution in [2.75, 3.05) is 26.4 Å². The zero-order valence-electron chi connectivity index (χ0n) is 54.1. The number of unbranched alkanes of at least 4 members (excludes halogenated alkanes) is 15. The Morgan fingerprint density at radius 1 is 0.411 bits per heavy atom. The first kappa shape index (κ1) is 80.4. The smallest absolute Gasteiger partial charge is 0.220 e. The highest BCUT2D eigenvalue weighted by atomic mass is 16.8. The Morgan fingerprint density at radius 3 is 1.24 bits per heavy atom. The van der Waals surface area contributed by atoms with E-state index in [4.69, 9.17) is 28.4 Å². The summed E-state index contributed by atoms with van der Waals surface area (Å²) in [6, 6.07) is -1.02. The minimum atomic E-state index is -1.99. The average Bonchev–Trinajstić information content (AvgIpc) is 0.866. The molecule has 0 bridgehead atoms. The average molecular weight is 1270 g/mol. The molecule has 0 saturated carbocycles. The third kappa shape index (κ3) is 33.3. The fourth-order valence-electron chi connectivity index (χ4n) is 10.5. The number of carbonyl (C=O) groups is 1. The molecular formula is C71H117NO18. The highest BCUT2D eigenvalue weighted by molar-refractivity contribution is 5.76. The van der Waals surface area contributed by atoms with Gasteiger partial charge in [0.25, 0.3) is 0 Å². The summed E-state index contributed by atoms with van der Waals surface area (Å²) in [5.74, 6) is -0.315. The van der Waals surface area contributed by atoms with Gasteiger partial charge in [0.2, 0.25) is 5.91 Å². The van der Waals surface area contributed by atoms with Crippen LogP contribution in [-0.2, 0) is 33.2 Å². The Labute approximate surface area is 538 Å². The largest absolute Gasteiger partial charge is 0.394 e. The molecule has 1 amide bonds. The van der Waals surface area contributed by atoms with Crippen LogP contribution in [0.3, 0.4) is 0 Å². The lowest BCUT2D eigenvalue weighted by atomic mass is 9.96. The number of amides is 1. The molecule has 3 fully saturated rings. The molecule has 0 radical (unpaired) electrons. The lowest BCUT2D eigenvalue weighted by Crippen LogP contribution is -2.66. The van der Waals surface area contributed by atoms with E-state index in [-0.39, 0.29) is 18.9 Å². The van der Waals surface area contributed by atoms with E-state index in [0.29, 0.717) is 12.8 Å². The number of carbonyl (C=O) groups excluding carboxylic acids is 1. The zero-order chi connectivity index (χ0) is 65.4. The zero-order valence-corrected chi connectivity index (χ0v) is 54.1. The van der Waals surface area contributed by atoms with Gasteiger partial charge >= 0.3 is 0 Å². The van der Waals surface area contributed by atoms with E-state index < -0.39 is 124 Å². The Kier molecular flexibility index (Phi) is 46.1. The van der Waals surface area contributed by atoms with E-state index in [0.717, 1.165) is 103 Å². The molecule has 0 aromatic carbocycles. The number of nitrogens with one attached hydrogen (secondary N) is 1. The topological polar surface area (TPSA) is 307 Å². The van der Waals surface area contributed by atoms with Crippen LogP contribution in [0.15, 0.2) is 122 Å². The first-order valence-electron chi connectivity index (χ1n) is 33.8. The SMILES string of the molecule is CC/C=C\C/C=C\C/C=C\C/C=C\C/C=C\C/C=C\C/C=C\CCCCCCCC(=O)NC(COC1OC(CO)C(OC2OC(CO)C(OC3OC(CO)C(O)C(O)C3O)C(O)C2O)C(O)C1O)C(O)/C=C/CC/C=C/CC/C=C/CCCCCCCCCC. The van der Waals surface area contributed by atoms with Gasteiger partial charge in [-0.25, -0.2) is 0 Å². The van der Waals surface area contributed by atoms with Gasteiger partial charge in [-0.2, -0.15) is 0 Å². The van der Waals surface area contributed by atoms with Crippen LogP contribution in [0.5, 0.6) is 0 Å². The van der Waals surface area contributed by atoms with Crippen LogP contribution in [0, 0.1) is 0 Å². The highest BCUT2D eigenvalue weighted by Crippen LogP contribution is 2.33. The molecule has 3 rings (SSSR count). The molecule has 514 valence electrons. The summed E-state index contributed by atoms with van der Waals surface area (Å²) >= 11 is 0. The summed E-state index contributed by atoms with van der Waals surface area (Å²) in [5, 5.41) is 120. The van der Waals surface area contributed by atoms with Crippen LogP contribution < -0.4 is 5.32 Å². The third-order valence-corrected chi connectivity index (χ3v) is 16.0. The first-order chi connectivity index (χ1) is 43.8. The lowest BCUT2D eigenvalue weighted by molar-refractivity contribution is -0.379. The van der Waals surface area contributed by atoms with Crippen molar-refractivity contribution in [1.82, 2.24) is 5.32 Å². The molecule has 19 nitrogen and oxygen atoms in total. The summed E-state index contributed by atoms with van der Waals surface area (Å²) in [6.07, 6.45) is 43.1. The van der Waals surface area contributed by atoms with Crippen molar-refractivity contribution in [3.05, 3.63) is 122 Å². The van der Waals surface area contributed by atoms with E-state index in [9.17, 15) is 61.0 Å². The summed E-state index contributed by atoms with van der Waals surface area (Å²) in [5.41, 5.74) is 0. The van der Waals surface area contributed by atoms with E-state index in [1.54, 1.807) is 6.08 Å². The molecule has 90 heavy (non-hydrogen) atoms. The van der Waals surface area contributed by atoms with Crippen molar-refractivity contribution >= 4 is 5.91 Å². The summed E-state index contributed by atoms with van der Waals surface area (Å²) in [6.45, 7) is 1.54. The van der Waals surface area contributed by atoms with Crippen molar-refractivity contribution < 1.29 is 89.4 Å². The van der Waals surface area contributed by atoms with Crippen molar-refractivity contribution in [3.8, 4) is 0 Å². The second kappa shape index (κ2) is 51.6. The van der Waals surface area contributed by atoms with Crippen molar-refractivity contribution in [1.29, 1.82) is 0 Å². The third-order valence-electron chi connectivity index (χ3n) is 16.0. The first-order valence-corrected chi connectivity index (χ1v) is 33.8. The van der Waals surface area contributed by atoms with Gasteiger partial charge in [-0.3, -0.25) is 4.79 Å². The van der Waals surface area contributed by atoms with Crippen LogP contribution >= 0.6 is 0 Å². The molecule has 0 spiro atoms. The van der Waals surface area contributed by atoms with Crippen molar-refractivity contribution in [2.24, 2.45) is 0 Å². The van der Waals surface area contributed by atoms with E-state index >= 15 is 0 Å². The van der Waals surface area contributed by atoms with Crippen LogP contribution in [0.1, 0.15) is 187 Å². The van der Waals surface area contributed by atoms with Crippen molar-refractivity contribution in [3.63, 3.8) is 0 Å². The van der Waals surface area contributed by atoms with Crippen LogP contribution in [-0.4, -0.2) is 193 Å². The van der Waals surface area contributed by atoms with Gasteiger partial charge in [-0.05, 0) is 103 Å². The monoisotopic (exact) mass is 1270 g/mol. The standard InChI is InChI=1S/C71H117NO18/c1-3-5-7-9-11-13-15-17-19-21-23-24-25-26-27-28-29-30-31-33-35-37-39-41-43-45-47-49-59(77)72-54(55(76)48-46-44-42-40-38-36-34-32-22-20-18-16-14-12-10-8-6-4-2)53-85-69-65(83)62(80)67(57(51-74)87-69)90-71-66(84)63(81)68(58(52-75)88-71)89-70-64(82)61(79)60(78)56(50-73)86-70/h5,7,11,13,17,19,22-24,26-27,29-30,32-33,35,38,40,46,48,54-58,60-71,73-76,78-84H,3-4,6,8-10,12,14-16,18,20-21,25,28,31,34,36-37,39,41-45,47,49-53H2,1-2H3,(H,72,77)/b7-5-,13-11-,19-17-,24-23-,27-26-,30-29-,32-22+,35-33-,40-38+,48-46+. The predicted molar refractivity (Wildman–Crippen MR) is 350 cm³/mol. The van der Waals surface area contributed by atoms with Crippen LogP contribution in [0.2, 0.25) is 0 Å².